The number of carbonyl (C=O) groups is 4. The van der Waals surface area contributed by atoms with Crippen LogP contribution in [0.1, 0.15) is 118 Å². The first kappa shape index (κ1) is 68.2. The lowest BCUT2D eigenvalue weighted by Gasteiger charge is -2.41. The molecule has 0 fully saturated rings. The third-order valence-electron chi connectivity index (χ3n) is 13.5. The van der Waals surface area contributed by atoms with E-state index in [0.717, 1.165) is 47.5 Å². The van der Waals surface area contributed by atoms with Crippen LogP contribution in [0, 0.1) is 45.9 Å². The molecule has 4 amide bonds. The molecule has 0 aliphatic heterocycles. The number of imidazole rings is 2. The molecule has 0 saturated carbocycles. The summed E-state index contributed by atoms with van der Waals surface area (Å²) in [5.74, 6) is -4.01. The number of hydrogen-bond donors (Lipinski definition) is 4. The van der Waals surface area contributed by atoms with E-state index in [1.807, 2.05) is 102 Å². The Kier molecular flexibility index (Phi) is 23.5. The molecule has 16 nitrogen and oxygen atoms in total. The van der Waals surface area contributed by atoms with Crippen LogP contribution in [-0.4, -0.2) is 125 Å². The summed E-state index contributed by atoms with van der Waals surface area (Å²) in [6.07, 6.45) is 1.82. The highest BCUT2D eigenvalue weighted by Crippen LogP contribution is 2.43. The van der Waals surface area contributed by atoms with Crippen molar-refractivity contribution in [3.05, 3.63) is 156 Å². The van der Waals surface area contributed by atoms with Crippen LogP contribution in [-0.2, 0) is 32.2 Å². The minimum atomic E-state index is -0.903. The van der Waals surface area contributed by atoms with Gasteiger partial charge in [-0.25, -0.2) is 37.1 Å². The Morgan fingerprint density at radius 2 is 0.895 bits per heavy atom. The van der Waals surface area contributed by atoms with Gasteiger partial charge in [-0.2, -0.15) is 0 Å². The van der Waals surface area contributed by atoms with Crippen molar-refractivity contribution in [2.24, 2.45) is 22.7 Å². The van der Waals surface area contributed by atoms with E-state index in [2.05, 4.69) is 10.6 Å². The maximum Gasteiger partial charge on any atom is 0.407 e. The number of halogens is 4. The van der Waals surface area contributed by atoms with Crippen LogP contribution < -0.4 is 10.6 Å². The monoisotopic (exact) mass is 1230 g/mol. The molecule has 6 aromatic rings. The molecule has 0 spiro atoms. The number of alkyl carbamates (subject to hydrolysis) is 2. The van der Waals surface area contributed by atoms with Crippen LogP contribution in [0.3, 0.4) is 0 Å². The number of aromatic nitrogens is 4. The van der Waals surface area contributed by atoms with E-state index in [4.69, 9.17) is 19.4 Å². The van der Waals surface area contributed by atoms with Gasteiger partial charge >= 0.3 is 12.2 Å². The molecule has 2 unspecified atom stereocenters. The van der Waals surface area contributed by atoms with Crippen LogP contribution in [0.5, 0.6) is 0 Å². The van der Waals surface area contributed by atoms with E-state index in [1.54, 1.807) is 63.1 Å². The highest BCUT2D eigenvalue weighted by Gasteiger charge is 2.42. The summed E-state index contributed by atoms with van der Waals surface area (Å²) in [6.45, 7) is 20.3. The quantitative estimate of drug-likeness (QED) is 0.0241. The molecule has 0 radical (unpaired) electrons. The van der Waals surface area contributed by atoms with Gasteiger partial charge in [0.15, 0.2) is 0 Å². The van der Waals surface area contributed by atoms with E-state index in [1.165, 1.54) is 31.4 Å². The van der Waals surface area contributed by atoms with Crippen molar-refractivity contribution in [2.75, 3.05) is 50.9 Å². The van der Waals surface area contributed by atoms with Crippen molar-refractivity contribution in [2.45, 2.75) is 119 Å². The molecule has 4 atom stereocenters. The number of carbonyl (C=O) groups excluding carboxylic acids is 4. The van der Waals surface area contributed by atoms with Crippen LogP contribution >= 0.6 is 21.6 Å². The van der Waals surface area contributed by atoms with E-state index < -0.39 is 106 Å². The molecule has 4 N–H and O–H groups in total. The Hall–Kier alpha value is -6.88. The molecule has 0 aliphatic carbocycles. The average Bonchev–Trinajstić information content (AvgIpc) is 1.86. The summed E-state index contributed by atoms with van der Waals surface area (Å²) in [6, 6.07) is 23.2. The topological polar surface area (TPSA) is 193 Å². The molecule has 0 saturated heterocycles. The molecule has 4 aromatic carbocycles. The number of ether oxygens (including phenoxy) is 2. The van der Waals surface area contributed by atoms with E-state index in [0.29, 0.717) is 11.6 Å². The first-order chi connectivity index (χ1) is 40.3. The van der Waals surface area contributed by atoms with Gasteiger partial charge in [-0.15, -0.1) is 0 Å². The number of aliphatic hydroxyl groups is 2. The zero-order chi connectivity index (χ0) is 63.3. The standard InChI is InChI=1S/C64H82F4N8O8S2/c1-61(2,3)55(57-71-51(47-27-45(65)23-25-49(47)67)35-73(57)31-41-19-15-13-16-20-41)75(53(79)37-77)33-43(29-69-59(81)83-63(7,8)9)39-85-86-40-44(30-70-60(82)84-64(10,11)12)34-76(54(80)38-78)56(62(4,5)6)58-72-52(48-28-46(66)24-26-50(48)68)36-74(58)32-42-21-17-14-18-22-42/h13-28,35-36,43-44,55-56,77-78H,29-34,37-40H2,1-12H3,(H,69,81)(H,70,82)/t43?,44?,55-,56-/m0/s1. The van der Waals surface area contributed by atoms with Gasteiger partial charge in [-0.1, -0.05) is 124 Å². The van der Waals surface area contributed by atoms with Gasteiger partial charge in [-0.05, 0) is 99.9 Å². The normalized spacial score (nSPS) is 13.6. The summed E-state index contributed by atoms with van der Waals surface area (Å²) in [4.78, 5) is 68.4. The predicted octanol–water partition coefficient (Wildman–Crippen LogP) is 12.2. The lowest BCUT2D eigenvalue weighted by molar-refractivity contribution is -0.141. The molecule has 22 heteroatoms. The first-order valence-corrected chi connectivity index (χ1v) is 30.9. The highest BCUT2D eigenvalue weighted by molar-refractivity contribution is 8.76. The zero-order valence-electron chi connectivity index (χ0n) is 51.1. The van der Waals surface area contributed by atoms with Gasteiger partial charge in [0.2, 0.25) is 11.8 Å². The van der Waals surface area contributed by atoms with Crippen molar-refractivity contribution < 1.29 is 56.4 Å². The molecule has 466 valence electrons. The van der Waals surface area contributed by atoms with E-state index in [9.17, 15) is 38.2 Å². The first-order valence-electron chi connectivity index (χ1n) is 28.5. The van der Waals surface area contributed by atoms with Gasteiger partial charge < -0.3 is 49.3 Å². The molecular formula is C64H82F4N8O8S2. The van der Waals surface area contributed by atoms with Crippen molar-refractivity contribution in [3.63, 3.8) is 0 Å². The Bertz CT molecular complexity index is 3020. The summed E-state index contributed by atoms with van der Waals surface area (Å²) in [7, 11) is 2.78. The third kappa shape index (κ3) is 19.8. The van der Waals surface area contributed by atoms with Gasteiger partial charge in [0.1, 0.15) is 59.3 Å². The maximum absolute atomic E-state index is 15.5. The van der Waals surface area contributed by atoms with Crippen molar-refractivity contribution in [1.82, 2.24) is 39.5 Å². The summed E-state index contributed by atoms with van der Waals surface area (Å²) in [5, 5.41) is 27.2. The second kappa shape index (κ2) is 29.7. The second-order valence-corrected chi connectivity index (χ2v) is 28.0. The summed E-state index contributed by atoms with van der Waals surface area (Å²) >= 11 is 0. The molecule has 2 aromatic heterocycles. The molecule has 0 aliphatic rings. The van der Waals surface area contributed by atoms with Gasteiger partial charge in [-0.3, -0.25) is 9.59 Å². The van der Waals surface area contributed by atoms with E-state index in [-0.39, 0.29) is 73.3 Å². The molecule has 6 rings (SSSR count). The molecule has 2 heterocycles. The van der Waals surface area contributed by atoms with Crippen LogP contribution in [0.25, 0.3) is 22.5 Å². The lowest BCUT2D eigenvalue weighted by atomic mass is 9.84. The smallest absolute Gasteiger partial charge is 0.407 e. The fraction of sp³-hybridized carbons (Fsp3) is 0.469. The summed E-state index contributed by atoms with van der Waals surface area (Å²) < 4.78 is 75.5. The zero-order valence-corrected chi connectivity index (χ0v) is 52.8. The van der Waals surface area contributed by atoms with Crippen molar-refractivity contribution in [1.29, 1.82) is 0 Å². The molecule has 86 heavy (non-hydrogen) atoms. The number of rotatable bonds is 25. The second-order valence-electron chi connectivity index (χ2n) is 25.5. The van der Waals surface area contributed by atoms with Gasteiger partial charge in [0.05, 0.1) is 23.5 Å². The van der Waals surface area contributed by atoms with Crippen molar-refractivity contribution in [3.8, 4) is 22.5 Å². The SMILES string of the molecule is CC(C)(C)OC(=O)NCC(CSSCC(CNC(=O)OC(C)(C)C)CN(C(=O)CO)[C@@H](c1nc(-c2cc(F)ccc2F)cn1Cc1ccccc1)C(C)(C)C)CN(C(=O)CO)[C@@H](c1nc(-c2cc(F)ccc2F)cn1Cc1ccccc1)C(C)(C)C. The Morgan fingerprint density at radius 3 is 1.21 bits per heavy atom. The maximum atomic E-state index is 15.5. The summed E-state index contributed by atoms with van der Waals surface area (Å²) in [5.41, 5.74) is -1.55. The van der Waals surface area contributed by atoms with Gasteiger partial charge in [0, 0.05) is 86.1 Å². The fourth-order valence-corrected chi connectivity index (χ4v) is 12.7. The Balaban J connectivity index is 1.38. The number of nitrogens with zero attached hydrogens (tertiary/aromatic N) is 6. The predicted molar refractivity (Wildman–Crippen MR) is 329 cm³/mol. The highest BCUT2D eigenvalue weighted by atomic mass is 33.1. The number of hydrogen-bond acceptors (Lipinski definition) is 12. The number of aliphatic hydroxyl groups excluding tert-OH is 2. The fourth-order valence-electron chi connectivity index (χ4n) is 9.91. The molecular weight excluding hydrogens is 1150 g/mol. The van der Waals surface area contributed by atoms with E-state index >= 15 is 8.78 Å². The number of amides is 4. The largest absolute Gasteiger partial charge is 0.444 e. The molecule has 0 bridgehead atoms. The third-order valence-corrected chi connectivity index (χ3v) is 16.2. The number of benzene rings is 4. The minimum Gasteiger partial charge on any atom is -0.444 e. The van der Waals surface area contributed by atoms with Gasteiger partial charge in [0.25, 0.3) is 0 Å². The van der Waals surface area contributed by atoms with Crippen LogP contribution in [0.4, 0.5) is 27.2 Å². The Labute approximate surface area is 510 Å². The minimum absolute atomic E-state index is 0.0143. The number of nitrogens with one attached hydrogen (secondary N) is 2. The Morgan fingerprint density at radius 1 is 0.547 bits per heavy atom. The lowest BCUT2D eigenvalue weighted by Crippen LogP contribution is -2.48. The average molecular weight is 1230 g/mol. The van der Waals surface area contributed by atoms with Crippen molar-refractivity contribution >= 4 is 45.6 Å². The van der Waals surface area contributed by atoms with Crippen LogP contribution in [0.15, 0.2) is 109 Å². The van der Waals surface area contributed by atoms with Crippen LogP contribution in [0.2, 0.25) is 0 Å².